The highest BCUT2D eigenvalue weighted by molar-refractivity contribution is 14.1. The third-order valence-corrected chi connectivity index (χ3v) is 2.15. The van der Waals surface area contributed by atoms with Crippen LogP contribution in [0.25, 0.3) is 0 Å². The zero-order chi connectivity index (χ0) is 10.8. The van der Waals surface area contributed by atoms with Crippen molar-refractivity contribution in [2.75, 3.05) is 11.9 Å². The zero-order valence-electron chi connectivity index (χ0n) is 7.38. The lowest BCUT2D eigenvalue weighted by Gasteiger charge is -2.19. The Labute approximate surface area is 94.0 Å². The number of carbonyl (C=O) groups excluding carboxylic acids is 1. The number of halogens is 3. The Bertz CT molecular complexity index is 323. The molecule has 0 atom stereocenters. The standard InChI is InChI=1S/C9H8F2INO/c1-13(8(14)9(10,11)12)7-5-3-2-4-6-7/h2-6H,1H3. The Morgan fingerprint density at radius 2 is 1.86 bits per heavy atom. The van der Waals surface area contributed by atoms with Gasteiger partial charge in [0.25, 0.3) is 0 Å². The summed E-state index contributed by atoms with van der Waals surface area (Å²) in [5.74, 6) is -1.22. The summed E-state index contributed by atoms with van der Waals surface area (Å²) in [5.41, 5.74) is 0.453. The highest BCUT2D eigenvalue weighted by Gasteiger charge is 2.37. The molecule has 1 aromatic rings. The van der Waals surface area contributed by atoms with Crippen LogP contribution in [0.2, 0.25) is 0 Å². The Balaban J connectivity index is 2.87. The fourth-order valence-corrected chi connectivity index (χ4v) is 1.32. The summed E-state index contributed by atoms with van der Waals surface area (Å²) in [6, 6.07) is 8.32. The van der Waals surface area contributed by atoms with Gasteiger partial charge in [-0.2, -0.15) is 8.78 Å². The first-order valence-corrected chi connectivity index (χ1v) is 4.90. The van der Waals surface area contributed by atoms with Gasteiger partial charge in [-0.05, 0) is 12.1 Å². The predicted molar refractivity (Wildman–Crippen MR) is 58.8 cm³/mol. The van der Waals surface area contributed by atoms with E-state index < -0.39 is 9.84 Å². The van der Waals surface area contributed by atoms with Gasteiger partial charge in [-0.3, -0.25) is 4.79 Å². The quantitative estimate of drug-likeness (QED) is 0.607. The fraction of sp³-hybridized carbons (Fsp3) is 0.222. The van der Waals surface area contributed by atoms with Crippen molar-refractivity contribution in [1.29, 1.82) is 0 Å². The monoisotopic (exact) mass is 311 g/mol. The molecule has 0 saturated heterocycles. The van der Waals surface area contributed by atoms with Gasteiger partial charge in [-0.1, -0.05) is 18.2 Å². The minimum atomic E-state index is -3.36. The van der Waals surface area contributed by atoms with Gasteiger partial charge in [0.05, 0.1) is 0 Å². The van der Waals surface area contributed by atoms with E-state index in [4.69, 9.17) is 0 Å². The van der Waals surface area contributed by atoms with Crippen LogP contribution in [0, 0.1) is 0 Å². The van der Waals surface area contributed by atoms with Crippen molar-refractivity contribution in [2.45, 2.75) is 3.93 Å². The van der Waals surface area contributed by atoms with Crippen LogP contribution in [0.5, 0.6) is 0 Å². The molecule has 14 heavy (non-hydrogen) atoms. The van der Waals surface area contributed by atoms with Crippen LogP contribution >= 0.6 is 22.6 Å². The van der Waals surface area contributed by atoms with Gasteiger partial charge in [-0.15, -0.1) is 0 Å². The highest BCUT2D eigenvalue weighted by Crippen LogP contribution is 2.26. The average Bonchev–Trinajstić information content (AvgIpc) is 2.15. The molecule has 0 aliphatic rings. The molecule has 0 aromatic heterocycles. The molecule has 0 radical (unpaired) electrons. The zero-order valence-corrected chi connectivity index (χ0v) is 9.53. The van der Waals surface area contributed by atoms with Gasteiger partial charge in [0, 0.05) is 35.3 Å². The highest BCUT2D eigenvalue weighted by atomic mass is 127. The maximum Gasteiger partial charge on any atom is 0.373 e. The first-order chi connectivity index (χ1) is 6.43. The number of hydrogen-bond donors (Lipinski definition) is 0. The minimum absolute atomic E-state index is 0.453. The smallest absolute Gasteiger partial charge is 0.310 e. The van der Waals surface area contributed by atoms with Crippen LogP contribution in [0.4, 0.5) is 14.5 Å². The third kappa shape index (κ3) is 2.63. The van der Waals surface area contributed by atoms with Gasteiger partial charge in [0.1, 0.15) is 0 Å². The first-order valence-electron chi connectivity index (χ1n) is 3.83. The molecule has 5 heteroatoms. The molecule has 0 saturated carbocycles. The molecule has 0 unspecified atom stereocenters. The average molecular weight is 311 g/mol. The number of benzene rings is 1. The summed E-state index contributed by atoms with van der Waals surface area (Å²) >= 11 is 0.820. The Kier molecular flexibility index (Phi) is 3.41. The maximum atomic E-state index is 12.6. The van der Waals surface area contributed by atoms with Crippen LogP contribution < -0.4 is 4.90 Å². The largest absolute Gasteiger partial charge is 0.373 e. The molecule has 1 rings (SSSR count). The van der Waals surface area contributed by atoms with Crippen LogP contribution in [0.3, 0.4) is 0 Å². The number of hydrogen-bond acceptors (Lipinski definition) is 1. The van der Waals surface area contributed by atoms with Gasteiger partial charge in [0.2, 0.25) is 0 Å². The lowest BCUT2D eigenvalue weighted by molar-refractivity contribution is -0.130. The molecule has 1 amide bonds. The molecule has 0 heterocycles. The molecule has 2 nitrogen and oxygen atoms in total. The summed E-state index contributed by atoms with van der Waals surface area (Å²) in [4.78, 5) is 12.1. The first kappa shape index (κ1) is 11.4. The van der Waals surface area contributed by atoms with Crippen LogP contribution in [-0.2, 0) is 4.79 Å². The minimum Gasteiger partial charge on any atom is -0.310 e. The molecule has 0 N–H and O–H groups in total. The van der Waals surface area contributed by atoms with Crippen molar-refractivity contribution in [3.8, 4) is 0 Å². The number of alkyl halides is 3. The number of nitrogens with zero attached hydrogens (tertiary/aromatic N) is 1. The summed E-state index contributed by atoms with van der Waals surface area (Å²) < 4.78 is 21.9. The molecule has 1 aromatic carbocycles. The van der Waals surface area contributed by atoms with E-state index in [9.17, 15) is 13.6 Å². The molecule has 0 spiro atoms. The van der Waals surface area contributed by atoms with E-state index in [2.05, 4.69) is 0 Å². The maximum absolute atomic E-state index is 12.6. The molecular formula is C9H8F2INO. The topological polar surface area (TPSA) is 20.3 Å². The molecule has 0 bridgehead atoms. The second-order valence-electron chi connectivity index (χ2n) is 2.70. The Hall–Kier alpha value is -0.720. The van der Waals surface area contributed by atoms with E-state index in [1.807, 2.05) is 0 Å². The summed E-state index contributed by atoms with van der Waals surface area (Å²) in [6.07, 6.45) is 0. The van der Waals surface area contributed by atoms with E-state index in [0.717, 1.165) is 27.5 Å². The molecule has 76 valence electrons. The van der Waals surface area contributed by atoms with Crippen molar-refractivity contribution < 1.29 is 13.6 Å². The van der Waals surface area contributed by atoms with Gasteiger partial charge in [-0.25, -0.2) is 0 Å². The molecule has 0 fully saturated rings. The third-order valence-electron chi connectivity index (χ3n) is 1.69. The fourth-order valence-electron chi connectivity index (χ4n) is 0.959. The molecule has 0 aliphatic heterocycles. The molecular weight excluding hydrogens is 303 g/mol. The lowest BCUT2D eigenvalue weighted by Crippen LogP contribution is -2.37. The number of anilines is 1. The summed E-state index contributed by atoms with van der Waals surface area (Å²) in [5, 5.41) is 0. The second kappa shape index (κ2) is 4.20. The van der Waals surface area contributed by atoms with Gasteiger partial charge in [0.15, 0.2) is 0 Å². The predicted octanol–water partition coefficient (Wildman–Crippen LogP) is 2.68. The SMILES string of the molecule is CN(C(=O)C(F)(F)I)c1ccccc1. The lowest BCUT2D eigenvalue weighted by atomic mass is 10.3. The van der Waals surface area contributed by atoms with E-state index in [1.165, 1.54) is 7.05 Å². The van der Waals surface area contributed by atoms with Gasteiger partial charge >= 0.3 is 9.84 Å². The number of carbonyl (C=O) groups is 1. The van der Waals surface area contributed by atoms with E-state index in [1.54, 1.807) is 30.3 Å². The number of para-hydroxylation sites is 1. The van der Waals surface area contributed by atoms with Crippen molar-refractivity contribution >= 4 is 34.2 Å². The van der Waals surface area contributed by atoms with Crippen LogP contribution in [-0.4, -0.2) is 16.9 Å². The number of amides is 1. The second-order valence-corrected chi connectivity index (χ2v) is 4.05. The summed E-state index contributed by atoms with van der Waals surface area (Å²) in [6.45, 7) is 0. The Morgan fingerprint density at radius 1 is 1.36 bits per heavy atom. The van der Waals surface area contributed by atoms with Crippen molar-refractivity contribution in [1.82, 2.24) is 0 Å². The molecule has 0 aliphatic carbocycles. The van der Waals surface area contributed by atoms with Gasteiger partial charge < -0.3 is 4.90 Å². The van der Waals surface area contributed by atoms with Crippen molar-refractivity contribution in [2.24, 2.45) is 0 Å². The number of rotatable bonds is 2. The Morgan fingerprint density at radius 3 is 2.29 bits per heavy atom. The van der Waals surface area contributed by atoms with Crippen molar-refractivity contribution in [3.63, 3.8) is 0 Å². The van der Waals surface area contributed by atoms with E-state index in [-0.39, 0.29) is 0 Å². The van der Waals surface area contributed by atoms with E-state index in [0.29, 0.717) is 5.69 Å². The van der Waals surface area contributed by atoms with Crippen molar-refractivity contribution in [3.05, 3.63) is 30.3 Å². The normalized spacial score (nSPS) is 11.1. The van der Waals surface area contributed by atoms with E-state index >= 15 is 0 Å². The summed E-state index contributed by atoms with van der Waals surface area (Å²) in [7, 11) is 1.32. The van der Waals surface area contributed by atoms with Crippen LogP contribution in [0.15, 0.2) is 30.3 Å². The van der Waals surface area contributed by atoms with Crippen LogP contribution in [0.1, 0.15) is 0 Å².